The van der Waals surface area contributed by atoms with Crippen LogP contribution in [0.2, 0.25) is 0 Å². The Kier molecular flexibility index (Phi) is 2.05. The van der Waals surface area contributed by atoms with Gasteiger partial charge in [0.1, 0.15) is 12.1 Å². The predicted octanol–water partition coefficient (Wildman–Crippen LogP) is 1.98. The second kappa shape index (κ2) is 3.43. The molecular formula is C11H15N5. The summed E-state index contributed by atoms with van der Waals surface area (Å²) in [4.78, 5) is 8.58. The van der Waals surface area contributed by atoms with Crippen molar-refractivity contribution in [3.63, 3.8) is 0 Å². The van der Waals surface area contributed by atoms with E-state index in [0.29, 0.717) is 12.1 Å². The number of hydrogen-bond acceptors (Lipinski definition) is 4. The zero-order valence-electron chi connectivity index (χ0n) is 9.51. The summed E-state index contributed by atoms with van der Waals surface area (Å²) in [6.07, 6.45) is 5.93. The number of rotatable bonds is 3. The van der Waals surface area contributed by atoms with Crippen molar-refractivity contribution in [3.05, 3.63) is 12.5 Å². The summed E-state index contributed by atoms with van der Waals surface area (Å²) in [5, 5.41) is 8.78. The molecule has 5 heteroatoms. The monoisotopic (exact) mass is 217 g/mol. The maximum absolute atomic E-state index is 4.36. The van der Waals surface area contributed by atoms with E-state index in [9.17, 15) is 0 Å². The third-order valence-electron chi connectivity index (χ3n) is 2.80. The number of nitrogens with zero attached hydrogens (tertiary/aromatic N) is 4. The van der Waals surface area contributed by atoms with E-state index >= 15 is 0 Å². The van der Waals surface area contributed by atoms with E-state index in [1.807, 2.05) is 10.9 Å². The number of anilines is 1. The zero-order valence-corrected chi connectivity index (χ0v) is 9.51. The fourth-order valence-electron chi connectivity index (χ4n) is 1.78. The number of hydrogen-bond donors (Lipinski definition) is 1. The Morgan fingerprint density at radius 3 is 2.88 bits per heavy atom. The highest BCUT2D eigenvalue weighted by molar-refractivity contribution is 5.86. The van der Waals surface area contributed by atoms with Crippen LogP contribution in [0.25, 0.3) is 11.0 Å². The molecule has 1 aliphatic carbocycles. The maximum Gasteiger partial charge on any atom is 0.163 e. The molecule has 0 spiro atoms. The molecule has 1 aliphatic rings. The van der Waals surface area contributed by atoms with Gasteiger partial charge in [-0.25, -0.2) is 14.6 Å². The molecule has 2 aromatic heterocycles. The van der Waals surface area contributed by atoms with Gasteiger partial charge >= 0.3 is 0 Å². The summed E-state index contributed by atoms with van der Waals surface area (Å²) in [5.74, 6) is 0.916. The summed E-state index contributed by atoms with van der Waals surface area (Å²) in [6, 6.07) is 0.918. The van der Waals surface area contributed by atoms with E-state index in [1.165, 1.54) is 12.8 Å². The zero-order chi connectivity index (χ0) is 11.1. The van der Waals surface area contributed by atoms with Crippen molar-refractivity contribution >= 4 is 16.9 Å². The molecular weight excluding hydrogens is 202 g/mol. The summed E-state index contributed by atoms with van der Waals surface area (Å²) >= 11 is 0. The highest BCUT2D eigenvalue weighted by Gasteiger charge is 2.23. The largest absolute Gasteiger partial charge is 0.367 e. The van der Waals surface area contributed by atoms with Gasteiger partial charge in [0.25, 0.3) is 0 Å². The molecule has 0 aliphatic heterocycles. The van der Waals surface area contributed by atoms with Crippen LogP contribution in [0.15, 0.2) is 12.5 Å². The van der Waals surface area contributed by atoms with Crippen molar-refractivity contribution in [2.75, 3.05) is 5.32 Å². The van der Waals surface area contributed by atoms with Gasteiger partial charge in [0.05, 0.1) is 11.6 Å². The third kappa shape index (κ3) is 1.52. The molecule has 2 heterocycles. The first-order valence-electron chi connectivity index (χ1n) is 5.70. The second-order valence-electron chi connectivity index (χ2n) is 4.56. The van der Waals surface area contributed by atoms with Crippen molar-refractivity contribution in [1.82, 2.24) is 19.7 Å². The van der Waals surface area contributed by atoms with Crippen molar-refractivity contribution in [2.45, 2.75) is 38.8 Å². The smallest absolute Gasteiger partial charge is 0.163 e. The molecule has 0 aromatic carbocycles. The lowest BCUT2D eigenvalue weighted by Gasteiger charge is -2.07. The van der Waals surface area contributed by atoms with Crippen LogP contribution in [0.1, 0.15) is 32.7 Å². The van der Waals surface area contributed by atoms with E-state index in [1.54, 1.807) is 6.33 Å². The number of fused-ring (bicyclic) bond motifs is 1. The first kappa shape index (κ1) is 9.57. The van der Waals surface area contributed by atoms with Crippen molar-refractivity contribution in [3.8, 4) is 0 Å². The van der Waals surface area contributed by atoms with Crippen LogP contribution < -0.4 is 5.32 Å². The summed E-state index contributed by atoms with van der Waals surface area (Å²) in [5.41, 5.74) is 0.910. The van der Waals surface area contributed by atoms with Gasteiger partial charge in [-0.3, -0.25) is 0 Å². The number of nitrogens with one attached hydrogen (secondary N) is 1. The lowest BCUT2D eigenvalue weighted by molar-refractivity contribution is 0.546. The van der Waals surface area contributed by atoms with Gasteiger partial charge < -0.3 is 5.32 Å². The van der Waals surface area contributed by atoms with Gasteiger partial charge in [-0.1, -0.05) is 0 Å². The van der Waals surface area contributed by atoms with E-state index in [2.05, 4.69) is 34.2 Å². The predicted molar refractivity (Wildman–Crippen MR) is 62.4 cm³/mol. The average Bonchev–Trinajstić information content (AvgIpc) is 2.95. The molecule has 0 amide bonds. The van der Waals surface area contributed by atoms with Crippen LogP contribution in [0.5, 0.6) is 0 Å². The first-order valence-corrected chi connectivity index (χ1v) is 5.70. The van der Waals surface area contributed by atoms with Crippen LogP contribution in [-0.2, 0) is 0 Å². The Bertz CT molecular complexity index is 512. The van der Waals surface area contributed by atoms with Crippen LogP contribution in [0, 0.1) is 0 Å². The van der Waals surface area contributed by atoms with Gasteiger partial charge in [0, 0.05) is 12.1 Å². The summed E-state index contributed by atoms with van der Waals surface area (Å²) in [7, 11) is 0. The maximum atomic E-state index is 4.36. The van der Waals surface area contributed by atoms with E-state index in [4.69, 9.17) is 0 Å². The molecule has 16 heavy (non-hydrogen) atoms. The minimum absolute atomic E-state index is 0.321. The Morgan fingerprint density at radius 2 is 2.19 bits per heavy atom. The highest BCUT2D eigenvalue weighted by Crippen LogP contribution is 2.27. The normalized spacial score (nSPS) is 15.9. The first-order chi connectivity index (χ1) is 7.75. The van der Waals surface area contributed by atoms with E-state index in [0.717, 1.165) is 16.9 Å². The van der Waals surface area contributed by atoms with Gasteiger partial charge in [0.15, 0.2) is 5.65 Å². The Labute approximate surface area is 93.9 Å². The average molecular weight is 217 g/mol. The summed E-state index contributed by atoms with van der Waals surface area (Å²) < 4.78 is 1.93. The number of aromatic nitrogens is 4. The lowest BCUT2D eigenvalue weighted by Crippen LogP contribution is -2.06. The topological polar surface area (TPSA) is 55.6 Å². The van der Waals surface area contributed by atoms with Crippen LogP contribution in [0.3, 0.4) is 0 Å². The minimum atomic E-state index is 0.321. The minimum Gasteiger partial charge on any atom is -0.367 e. The molecule has 2 aromatic rings. The summed E-state index contributed by atoms with van der Waals surface area (Å²) in [6.45, 7) is 4.20. The van der Waals surface area contributed by atoms with Gasteiger partial charge in [-0.15, -0.1) is 0 Å². The van der Waals surface area contributed by atoms with Gasteiger partial charge in [-0.05, 0) is 26.7 Å². The highest BCUT2D eigenvalue weighted by atomic mass is 15.3. The fourth-order valence-corrected chi connectivity index (χ4v) is 1.78. The molecule has 0 saturated heterocycles. The van der Waals surface area contributed by atoms with Crippen LogP contribution in [-0.4, -0.2) is 25.8 Å². The Morgan fingerprint density at radius 1 is 1.38 bits per heavy atom. The standard InChI is InChI=1S/C11H15N5/c1-7(2)16-11-9(5-14-16)10(12-6-13-11)15-8-3-4-8/h5-8H,3-4H2,1-2H3,(H,12,13,15). The van der Waals surface area contributed by atoms with Gasteiger partial charge in [0.2, 0.25) is 0 Å². The third-order valence-corrected chi connectivity index (χ3v) is 2.80. The van der Waals surface area contributed by atoms with Crippen LogP contribution in [0.4, 0.5) is 5.82 Å². The Balaban J connectivity index is 2.08. The van der Waals surface area contributed by atoms with E-state index < -0.39 is 0 Å². The molecule has 5 nitrogen and oxygen atoms in total. The second-order valence-corrected chi connectivity index (χ2v) is 4.56. The molecule has 0 radical (unpaired) electrons. The van der Waals surface area contributed by atoms with Gasteiger partial charge in [-0.2, -0.15) is 5.10 Å². The fraction of sp³-hybridized carbons (Fsp3) is 0.545. The Hall–Kier alpha value is -1.65. The molecule has 0 atom stereocenters. The molecule has 1 fully saturated rings. The van der Waals surface area contributed by atoms with Crippen molar-refractivity contribution in [2.24, 2.45) is 0 Å². The quantitative estimate of drug-likeness (QED) is 0.854. The molecule has 1 N–H and O–H groups in total. The SMILES string of the molecule is CC(C)n1ncc2c(NC3CC3)ncnc21. The van der Waals surface area contributed by atoms with E-state index in [-0.39, 0.29) is 0 Å². The molecule has 3 rings (SSSR count). The van der Waals surface area contributed by atoms with Crippen molar-refractivity contribution < 1.29 is 0 Å². The van der Waals surface area contributed by atoms with Crippen molar-refractivity contribution in [1.29, 1.82) is 0 Å². The molecule has 0 bridgehead atoms. The van der Waals surface area contributed by atoms with Crippen LogP contribution >= 0.6 is 0 Å². The molecule has 0 unspecified atom stereocenters. The molecule has 1 saturated carbocycles. The molecule has 84 valence electrons. The lowest BCUT2D eigenvalue weighted by atomic mass is 10.3.